The van der Waals surface area contributed by atoms with Gasteiger partial charge < -0.3 is 9.64 Å². The molecule has 0 aliphatic carbocycles. The van der Waals surface area contributed by atoms with Gasteiger partial charge in [0.2, 0.25) is 0 Å². The van der Waals surface area contributed by atoms with E-state index in [2.05, 4.69) is 37.5 Å². The zero-order chi connectivity index (χ0) is 13.1. The van der Waals surface area contributed by atoms with Gasteiger partial charge in [-0.2, -0.15) is 0 Å². The fourth-order valence-corrected chi connectivity index (χ4v) is 3.16. The van der Waals surface area contributed by atoms with Crippen molar-refractivity contribution in [3.8, 4) is 0 Å². The fraction of sp³-hybridized carbons (Fsp3) is 1.00. The SMILES string of the molecule is CC(C)OC1CN(CC2CCN(C(C)C)CC2)C1. The third-order valence-electron chi connectivity index (χ3n) is 4.28. The minimum Gasteiger partial charge on any atom is -0.373 e. The van der Waals surface area contributed by atoms with E-state index in [1.807, 2.05) is 0 Å². The zero-order valence-electron chi connectivity index (χ0n) is 12.6. The first-order valence-corrected chi connectivity index (χ1v) is 7.66. The lowest BCUT2D eigenvalue weighted by Crippen LogP contribution is -2.55. The van der Waals surface area contributed by atoms with Gasteiger partial charge in [-0.25, -0.2) is 0 Å². The Morgan fingerprint density at radius 1 is 1.06 bits per heavy atom. The molecule has 2 aliphatic rings. The van der Waals surface area contributed by atoms with Crippen LogP contribution in [0, 0.1) is 5.92 Å². The maximum atomic E-state index is 5.80. The smallest absolute Gasteiger partial charge is 0.0832 e. The molecular formula is C15H30N2O. The van der Waals surface area contributed by atoms with E-state index in [1.54, 1.807) is 0 Å². The van der Waals surface area contributed by atoms with Crippen molar-refractivity contribution in [1.82, 2.24) is 9.80 Å². The van der Waals surface area contributed by atoms with Crippen molar-refractivity contribution in [2.45, 2.75) is 58.8 Å². The quantitative estimate of drug-likeness (QED) is 0.748. The monoisotopic (exact) mass is 254 g/mol. The first kappa shape index (κ1) is 14.3. The van der Waals surface area contributed by atoms with Crippen molar-refractivity contribution in [3.63, 3.8) is 0 Å². The molecule has 2 fully saturated rings. The minimum atomic E-state index is 0.381. The first-order valence-electron chi connectivity index (χ1n) is 7.66. The molecule has 0 aromatic carbocycles. The normalized spacial score (nSPS) is 25.0. The molecular weight excluding hydrogens is 224 g/mol. The molecule has 0 unspecified atom stereocenters. The van der Waals surface area contributed by atoms with Crippen LogP contribution in [0.4, 0.5) is 0 Å². The number of hydrogen-bond acceptors (Lipinski definition) is 3. The van der Waals surface area contributed by atoms with Gasteiger partial charge in [0.15, 0.2) is 0 Å². The van der Waals surface area contributed by atoms with E-state index in [0.717, 1.165) is 25.0 Å². The van der Waals surface area contributed by atoms with Crippen molar-refractivity contribution in [2.75, 3.05) is 32.7 Å². The molecule has 0 saturated carbocycles. The molecule has 0 radical (unpaired) electrons. The third-order valence-corrected chi connectivity index (χ3v) is 4.28. The van der Waals surface area contributed by atoms with Gasteiger partial charge >= 0.3 is 0 Å². The van der Waals surface area contributed by atoms with Crippen LogP contribution in [0.3, 0.4) is 0 Å². The Morgan fingerprint density at radius 2 is 1.67 bits per heavy atom. The lowest BCUT2D eigenvalue weighted by atomic mass is 9.94. The molecule has 0 aromatic heterocycles. The molecule has 0 N–H and O–H groups in total. The molecule has 18 heavy (non-hydrogen) atoms. The van der Waals surface area contributed by atoms with Crippen molar-refractivity contribution in [1.29, 1.82) is 0 Å². The maximum Gasteiger partial charge on any atom is 0.0832 e. The Hall–Kier alpha value is -0.120. The van der Waals surface area contributed by atoms with Crippen LogP contribution in [0.25, 0.3) is 0 Å². The lowest BCUT2D eigenvalue weighted by molar-refractivity contribution is -0.0864. The molecule has 106 valence electrons. The van der Waals surface area contributed by atoms with Gasteiger partial charge in [-0.3, -0.25) is 4.90 Å². The molecule has 0 atom stereocenters. The Morgan fingerprint density at radius 3 is 2.17 bits per heavy atom. The number of ether oxygens (including phenoxy) is 1. The Labute approximate surface area is 112 Å². The second-order valence-electron chi connectivity index (χ2n) is 6.60. The average molecular weight is 254 g/mol. The highest BCUT2D eigenvalue weighted by Crippen LogP contribution is 2.23. The van der Waals surface area contributed by atoms with Crippen molar-refractivity contribution < 1.29 is 4.74 Å². The summed E-state index contributed by atoms with van der Waals surface area (Å²) in [4.78, 5) is 5.18. The van der Waals surface area contributed by atoms with Gasteiger partial charge in [0.05, 0.1) is 12.2 Å². The van der Waals surface area contributed by atoms with Crippen LogP contribution < -0.4 is 0 Å². The molecule has 3 heteroatoms. The molecule has 0 amide bonds. The topological polar surface area (TPSA) is 15.7 Å². The van der Waals surface area contributed by atoms with Crippen LogP contribution in [0.2, 0.25) is 0 Å². The Bertz CT molecular complexity index is 241. The summed E-state index contributed by atoms with van der Waals surface area (Å²) in [7, 11) is 0. The molecule has 2 aliphatic heterocycles. The largest absolute Gasteiger partial charge is 0.373 e. The molecule has 2 saturated heterocycles. The standard InChI is InChI=1S/C15H30N2O/c1-12(2)17-7-5-14(6-8-17)9-16-10-15(11-16)18-13(3)4/h12-15H,5-11H2,1-4H3. The maximum absolute atomic E-state index is 5.80. The third kappa shape index (κ3) is 3.94. The zero-order valence-corrected chi connectivity index (χ0v) is 12.6. The summed E-state index contributed by atoms with van der Waals surface area (Å²) in [5.74, 6) is 0.917. The summed E-state index contributed by atoms with van der Waals surface area (Å²) < 4.78 is 5.80. The number of rotatable bonds is 5. The van der Waals surface area contributed by atoms with Gasteiger partial charge in [-0.15, -0.1) is 0 Å². The van der Waals surface area contributed by atoms with Crippen LogP contribution in [0.15, 0.2) is 0 Å². The highest BCUT2D eigenvalue weighted by molar-refractivity contribution is 4.84. The second-order valence-corrected chi connectivity index (χ2v) is 6.60. The first-order chi connectivity index (χ1) is 8.54. The molecule has 2 heterocycles. The van der Waals surface area contributed by atoms with Crippen LogP contribution in [-0.2, 0) is 4.74 Å². The van der Waals surface area contributed by atoms with Crippen molar-refractivity contribution in [3.05, 3.63) is 0 Å². The molecule has 0 spiro atoms. The van der Waals surface area contributed by atoms with Gasteiger partial charge in [0.1, 0.15) is 0 Å². The molecule has 3 nitrogen and oxygen atoms in total. The summed E-state index contributed by atoms with van der Waals surface area (Å²) in [5, 5.41) is 0. The molecule has 0 aromatic rings. The van der Waals surface area contributed by atoms with Gasteiger partial charge in [0, 0.05) is 25.7 Å². The highest BCUT2D eigenvalue weighted by Gasteiger charge is 2.31. The van der Waals surface area contributed by atoms with E-state index >= 15 is 0 Å². The summed E-state index contributed by atoms with van der Waals surface area (Å²) >= 11 is 0. The van der Waals surface area contributed by atoms with Gasteiger partial charge in [0.25, 0.3) is 0 Å². The van der Waals surface area contributed by atoms with Crippen molar-refractivity contribution in [2.24, 2.45) is 5.92 Å². The second kappa shape index (κ2) is 6.36. The highest BCUT2D eigenvalue weighted by atomic mass is 16.5. The number of piperidine rings is 1. The Kier molecular flexibility index (Phi) is 5.05. The molecule has 0 bridgehead atoms. The van der Waals surface area contributed by atoms with E-state index < -0.39 is 0 Å². The average Bonchev–Trinajstić information content (AvgIpc) is 2.26. The van der Waals surface area contributed by atoms with Crippen LogP contribution in [-0.4, -0.2) is 60.8 Å². The van der Waals surface area contributed by atoms with Gasteiger partial charge in [-0.1, -0.05) is 0 Å². The van der Waals surface area contributed by atoms with E-state index in [9.17, 15) is 0 Å². The van der Waals surface area contributed by atoms with E-state index in [-0.39, 0.29) is 0 Å². The minimum absolute atomic E-state index is 0.381. The van der Waals surface area contributed by atoms with Crippen LogP contribution in [0.1, 0.15) is 40.5 Å². The predicted molar refractivity (Wildman–Crippen MR) is 75.9 cm³/mol. The van der Waals surface area contributed by atoms with Crippen LogP contribution in [0.5, 0.6) is 0 Å². The lowest BCUT2D eigenvalue weighted by Gasteiger charge is -2.43. The summed E-state index contributed by atoms with van der Waals surface area (Å²) in [6.07, 6.45) is 3.64. The van der Waals surface area contributed by atoms with E-state index in [4.69, 9.17) is 4.74 Å². The number of nitrogens with zero attached hydrogens (tertiary/aromatic N) is 2. The van der Waals surface area contributed by atoms with Crippen molar-refractivity contribution >= 4 is 0 Å². The number of likely N-dealkylation sites (tertiary alicyclic amines) is 2. The van der Waals surface area contributed by atoms with Crippen LogP contribution >= 0.6 is 0 Å². The van der Waals surface area contributed by atoms with Gasteiger partial charge in [-0.05, 0) is 59.5 Å². The van der Waals surface area contributed by atoms with E-state index in [1.165, 1.54) is 32.5 Å². The predicted octanol–water partition coefficient (Wildman–Crippen LogP) is 2.22. The summed E-state index contributed by atoms with van der Waals surface area (Å²) in [6.45, 7) is 15.1. The van der Waals surface area contributed by atoms with E-state index in [0.29, 0.717) is 12.2 Å². The Balaban J connectivity index is 1.59. The summed E-state index contributed by atoms with van der Waals surface area (Å²) in [5.41, 5.74) is 0. The molecule has 2 rings (SSSR count). The number of hydrogen-bond donors (Lipinski definition) is 0. The fourth-order valence-electron chi connectivity index (χ4n) is 3.16. The summed E-state index contributed by atoms with van der Waals surface area (Å²) in [6, 6.07) is 0.721.